The Hall–Kier alpha value is -1.91. The lowest BCUT2D eigenvalue weighted by Gasteiger charge is -2.34. The van der Waals surface area contributed by atoms with Crippen LogP contribution in [0.4, 0.5) is 4.39 Å². The second-order valence-electron chi connectivity index (χ2n) is 7.43. The Morgan fingerprint density at radius 2 is 1.84 bits per heavy atom. The van der Waals surface area contributed by atoms with E-state index in [0.29, 0.717) is 25.1 Å². The van der Waals surface area contributed by atoms with Gasteiger partial charge in [0.25, 0.3) is 0 Å². The van der Waals surface area contributed by atoms with E-state index >= 15 is 0 Å². The summed E-state index contributed by atoms with van der Waals surface area (Å²) < 4.78 is 24.7. The zero-order valence-corrected chi connectivity index (χ0v) is 21.2. The molecule has 0 amide bonds. The van der Waals surface area contributed by atoms with Crippen molar-refractivity contribution in [3.8, 4) is 5.75 Å². The number of morpholine rings is 1. The maximum absolute atomic E-state index is 13.9. The van der Waals surface area contributed by atoms with Gasteiger partial charge in [0.1, 0.15) is 11.6 Å². The lowest BCUT2D eigenvalue weighted by atomic mass is 10.0. The molecule has 6 nitrogen and oxygen atoms in total. The summed E-state index contributed by atoms with van der Waals surface area (Å²) in [6.07, 6.45) is 0.600. The van der Waals surface area contributed by atoms with Crippen molar-refractivity contribution < 1.29 is 13.9 Å². The topological polar surface area (TPSA) is 58.1 Å². The fourth-order valence-electron chi connectivity index (χ4n) is 3.68. The lowest BCUT2D eigenvalue weighted by Crippen LogP contribution is -2.42. The van der Waals surface area contributed by atoms with Gasteiger partial charge in [-0.2, -0.15) is 0 Å². The number of methoxy groups -OCH3 is 1. The van der Waals surface area contributed by atoms with Gasteiger partial charge in [0.2, 0.25) is 0 Å². The van der Waals surface area contributed by atoms with Gasteiger partial charge in [-0.1, -0.05) is 30.3 Å². The quantitative estimate of drug-likeness (QED) is 0.281. The van der Waals surface area contributed by atoms with Gasteiger partial charge in [-0.05, 0) is 42.7 Å². The van der Waals surface area contributed by atoms with Gasteiger partial charge in [0, 0.05) is 26.2 Å². The van der Waals surface area contributed by atoms with Gasteiger partial charge in [0.05, 0.1) is 32.9 Å². The number of ether oxygens (including phenoxy) is 2. The molecule has 1 saturated heterocycles. The van der Waals surface area contributed by atoms with E-state index in [1.54, 1.807) is 13.2 Å². The first-order valence-electron chi connectivity index (χ1n) is 10.9. The van der Waals surface area contributed by atoms with Gasteiger partial charge < -0.3 is 20.1 Å². The van der Waals surface area contributed by atoms with Crippen molar-refractivity contribution in [3.05, 3.63) is 65.5 Å². The lowest BCUT2D eigenvalue weighted by molar-refractivity contribution is 0.0179. The van der Waals surface area contributed by atoms with Crippen molar-refractivity contribution in [2.45, 2.75) is 19.4 Å². The van der Waals surface area contributed by atoms with E-state index < -0.39 is 0 Å². The maximum Gasteiger partial charge on any atom is 0.191 e. The summed E-state index contributed by atoms with van der Waals surface area (Å²) in [6, 6.07) is 15.2. The van der Waals surface area contributed by atoms with E-state index in [1.807, 2.05) is 31.2 Å². The number of guanidine groups is 1. The molecule has 1 unspecified atom stereocenters. The van der Waals surface area contributed by atoms with Gasteiger partial charge >= 0.3 is 0 Å². The molecule has 1 fully saturated rings. The van der Waals surface area contributed by atoms with Crippen LogP contribution >= 0.6 is 24.0 Å². The average Bonchev–Trinajstić information content (AvgIpc) is 2.81. The minimum atomic E-state index is -0.168. The fraction of sp³-hybridized carbons (Fsp3) is 0.458. The van der Waals surface area contributed by atoms with Gasteiger partial charge in [-0.3, -0.25) is 9.89 Å². The molecule has 1 aliphatic heterocycles. The first kappa shape index (κ1) is 26.3. The molecule has 2 aromatic rings. The van der Waals surface area contributed by atoms with Crippen molar-refractivity contribution in [2.75, 3.05) is 53.0 Å². The number of nitrogens with one attached hydrogen (secondary N) is 2. The number of hydrogen-bond donors (Lipinski definition) is 2. The first-order valence-corrected chi connectivity index (χ1v) is 10.9. The van der Waals surface area contributed by atoms with E-state index in [9.17, 15) is 4.39 Å². The smallest absolute Gasteiger partial charge is 0.191 e. The molecule has 0 aromatic heterocycles. The summed E-state index contributed by atoms with van der Waals surface area (Å²) in [6.45, 7) is 7.24. The number of hydrogen-bond acceptors (Lipinski definition) is 4. The van der Waals surface area contributed by atoms with E-state index in [-0.39, 0.29) is 35.8 Å². The van der Waals surface area contributed by atoms with Gasteiger partial charge in [0.15, 0.2) is 5.96 Å². The van der Waals surface area contributed by atoms with Crippen molar-refractivity contribution in [2.24, 2.45) is 4.99 Å². The predicted molar refractivity (Wildman–Crippen MR) is 138 cm³/mol. The van der Waals surface area contributed by atoms with E-state index in [2.05, 4.69) is 27.7 Å². The molecule has 0 aliphatic carbocycles. The summed E-state index contributed by atoms with van der Waals surface area (Å²) in [5.41, 5.74) is 1.91. The molecule has 1 heterocycles. The molecular formula is C24H34FIN4O2. The van der Waals surface area contributed by atoms with Crippen LogP contribution < -0.4 is 15.4 Å². The van der Waals surface area contributed by atoms with Crippen molar-refractivity contribution >= 4 is 29.9 Å². The molecule has 1 aliphatic rings. The second kappa shape index (κ2) is 14.3. The number of nitrogens with zero attached hydrogens (tertiary/aromatic N) is 2. The van der Waals surface area contributed by atoms with Crippen molar-refractivity contribution in [3.63, 3.8) is 0 Å². The molecule has 0 spiro atoms. The molecule has 2 aromatic carbocycles. The van der Waals surface area contributed by atoms with Crippen molar-refractivity contribution in [1.29, 1.82) is 0 Å². The van der Waals surface area contributed by atoms with Crippen LogP contribution in [0.3, 0.4) is 0 Å². The Balaban J connectivity index is 0.00000363. The third kappa shape index (κ3) is 7.90. The molecule has 0 saturated carbocycles. The first-order chi connectivity index (χ1) is 15.2. The molecule has 3 rings (SSSR count). The molecular weight excluding hydrogens is 522 g/mol. The van der Waals surface area contributed by atoms with Crippen LogP contribution in [-0.2, 0) is 11.2 Å². The molecule has 0 radical (unpaired) electrons. The molecule has 8 heteroatoms. The van der Waals surface area contributed by atoms with Crippen LogP contribution in [-0.4, -0.2) is 63.9 Å². The highest BCUT2D eigenvalue weighted by molar-refractivity contribution is 14.0. The summed E-state index contributed by atoms with van der Waals surface area (Å²) in [7, 11) is 1.68. The second-order valence-corrected chi connectivity index (χ2v) is 7.43. The molecule has 176 valence electrons. The average molecular weight is 556 g/mol. The van der Waals surface area contributed by atoms with Crippen LogP contribution in [0.25, 0.3) is 0 Å². The predicted octanol–water partition coefficient (Wildman–Crippen LogP) is 3.62. The van der Waals surface area contributed by atoms with Crippen LogP contribution in [0.5, 0.6) is 5.75 Å². The third-order valence-corrected chi connectivity index (χ3v) is 5.40. The number of aliphatic imine (C=N–C) groups is 1. The molecule has 1 atom stereocenters. The number of rotatable bonds is 9. The van der Waals surface area contributed by atoms with E-state index in [4.69, 9.17) is 14.5 Å². The Bertz CT molecular complexity index is 829. The largest absolute Gasteiger partial charge is 0.497 e. The highest BCUT2D eigenvalue weighted by Gasteiger charge is 2.22. The van der Waals surface area contributed by atoms with Crippen LogP contribution in [0.2, 0.25) is 0 Å². The number of benzene rings is 2. The minimum Gasteiger partial charge on any atom is -0.497 e. The highest BCUT2D eigenvalue weighted by Crippen LogP contribution is 2.24. The standard InChI is InChI=1S/C24H33FN4O2.HI/c1-3-26-24(27-13-12-19-6-4-5-7-22(19)25)28-18-23(29-14-16-31-17-15-29)20-8-10-21(30-2)11-9-20;/h4-11,23H,3,12-18H2,1-2H3,(H2,26,27,28);1H. The third-order valence-electron chi connectivity index (χ3n) is 5.40. The van der Waals surface area contributed by atoms with Gasteiger partial charge in [-0.25, -0.2) is 4.39 Å². The molecule has 0 bridgehead atoms. The van der Waals surface area contributed by atoms with Crippen LogP contribution in [0, 0.1) is 5.82 Å². The zero-order chi connectivity index (χ0) is 21.9. The molecule has 2 N–H and O–H groups in total. The summed E-state index contributed by atoms with van der Waals surface area (Å²) in [5.74, 6) is 1.42. The summed E-state index contributed by atoms with van der Waals surface area (Å²) in [4.78, 5) is 7.26. The number of halogens is 2. The van der Waals surface area contributed by atoms with Crippen molar-refractivity contribution in [1.82, 2.24) is 15.5 Å². The van der Waals surface area contributed by atoms with E-state index in [1.165, 1.54) is 11.6 Å². The normalized spacial score (nSPS) is 15.5. The zero-order valence-electron chi connectivity index (χ0n) is 18.9. The molecule has 32 heavy (non-hydrogen) atoms. The minimum absolute atomic E-state index is 0. The van der Waals surface area contributed by atoms with Crippen LogP contribution in [0.15, 0.2) is 53.5 Å². The monoisotopic (exact) mass is 556 g/mol. The van der Waals surface area contributed by atoms with E-state index in [0.717, 1.165) is 44.6 Å². The highest BCUT2D eigenvalue weighted by atomic mass is 127. The Kier molecular flexibility index (Phi) is 11.8. The fourth-order valence-corrected chi connectivity index (χ4v) is 3.68. The van der Waals surface area contributed by atoms with Crippen LogP contribution in [0.1, 0.15) is 24.1 Å². The maximum atomic E-state index is 13.9. The summed E-state index contributed by atoms with van der Waals surface area (Å²) >= 11 is 0. The van der Waals surface area contributed by atoms with Gasteiger partial charge in [-0.15, -0.1) is 24.0 Å². The Morgan fingerprint density at radius 3 is 2.50 bits per heavy atom. The Labute approximate surface area is 207 Å². The Morgan fingerprint density at radius 1 is 1.12 bits per heavy atom. The SMILES string of the molecule is CCNC(=NCC(c1ccc(OC)cc1)N1CCOCC1)NCCc1ccccc1F.I. The summed E-state index contributed by atoms with van der Waals surface area (Å²) in [5, 5.41) is 6.63.